The highest BCUT2D eigenvalue weighted by atomic mass is 15.1. The van der Waals surface area contributed by atoms with Crippen LogP contribution in [0.1, 0.15) is 5.56 Å². The average Bonchev–Trinajstić information content (AvgIpc) is 3.56. The summed E-state index contributed by atoms with van der Waals surface area (Å²) in [6, 6.07) is 66.7. The van der Waals surface area contributed by atoms with E-state index in [-0.39, 0.29) is 0 Å². The van der Waals surface area contributed by atoms with Crippen molar-refractivity contribution in [2.45, 2.75) is 0 Å². The van der Waals surface area contributed by atoms with E-state index in [1.807, 2.05) is 91.0 Å². The van der Waals surface area contributed by atoms with Crippen LogP contribution < -0.4 is 4.90 Å². The maximum absolute atomic E-state index is 9.43. The van der Waals surface area contributed by atoms with E-state index in [9.17, 15) is 5.26 Å². The Bertz CT molecular complexity index is 2650. The van der Waals surface area contributed by atoms with Crippen LogP contribution in [0.2, 0.25) is 0 Å². The van der Waals surface area contributed by atoms with Gasteiger partial charge < -0.3 is 9.47 Å². The summed E-state index contributed by atoms with van der Waals surface area (Å²) in [5, 5.41) is 11.8. The molecule has 244 valence electrons. The highest BCUT2D eigenvalue weighted by molar-refractivity contribution is 6.10. The van der Waals surface area contributed by atoms with Crippen LogP contribution in [0.25, 0.3) is 61.4 Å². The fourth-order valence-corrected chi connectivity index (χ4v) is 6.94. The molecule has 0 unspecified atom stereocenters. The molecule has 0 bridgehead atoms. The van der Waals surface area contributed by atoms with E-state index in [0.29, 0.717) is 11.4 Å². The van der Waals surface area contributed by atoms with E-state index in [0.717, 1.165) is 67.2 Å². The lowest BCUT2D eigenvalue weighted by atomic mass is 10.1. The van der Waals surface area contributed by atoms with Gasteiger partial charge in [-0.15, -0.1) is 0 Å². The molecule has 2 aromatic heterocycles. The molecule has 0 aliphatic carbocycles. The number of hydrogen-bond acceptors (Lipinski definition) is 4. The zero-order valence-electron chi connectivity index (χ0n) is 28.1. The maximum Gasteiger partial charge on any atom is 0.160 e. The fourth-order valence-electron chi connectivity index (χ4n) is 6.94. The minimum atomic E-state index is 0.634. The Morgan fingerprint density at radius 2 is 0.981 bits per heavy atom. The summed E-state index contributed by atoms with van der Waals surface area (Å²) in [7, 11) is 0. The number of para-hydroxylation sites is 2. The first-order chi connectivity index (χ1) is 25.7. The summed E-state index contributed by atoms with van der Waals surface area (Å²) in [5.74, 6) is 0.699. The van der Waals surface area contributed by atoms with Gasteiger partial charge in [-0.05, 0) is 78.9 Å². The van der Waals surface area contributed by atoms with Crippen LogP contribution in [0, 0.1) is 11.3 Å². The molecule has 0 saturated heterocycles. The lowest BCUT2D eigenvalue weighted by Crippen LogP contribution is -2.09. The molecule has 52 heavy (non-hydrogen) atoms. The van der Waals surface area contributed by atoms with Gasteiger partial charge in [0.2, 0.25) is 0 Å². The van der Waals surface area contributed by atoms with Crippen LogP contribution in [0.3, 0.4) is 0 Å². The maximum atomic E-state index is 9.43. The Kier molecular flexibility index (Phi) is 7.81. The number of aromatic nitrogens is 3. The first-order valence-corrected chi connectivity index (χ1v) is 17.2. The molecule has 0 N–H and O–H groups in total. The van der Waals surface area contributed by atoms with E-state index in [1.54, 1.807) is 0 Å². The van der Waals surface area contributed by atoms with Crippen molar-refractivity contribution in [3.05, 3.63) is 194 Å². The van der Waals surface area contributed by atoms with Gasteiger partial charge in [0.05, 0.1) is 34.1 Å². The van der Waals surface area contributed by atoms with Gasteiger partial charge in [0.1, 0.15) is 0 Å². The monoisotopic (exact) mass is 665 g/mol. The second-order valence-corrected chi connectivity index (χ2v) is 12.6. The molecule has 0 saturated carbocycles. The molecule has 9 rings (SSSR count). The molecule has 7 aromatic carbocycles. The van der Waals surface area contributed by atoms with E-state index >= 15 is 0 Å². The predicted octanol–water partition coefficient (Wildman–Crippen LogP) is 11.9. The summed E-state index contributed by atoms with van der Waals surface area (Å²) >= 11 is 0. The Morgan fingerprint density at radius 1 is 0.442 bits per heavy atom. The number of nitrogens with zero attached hydrogens (tertiary/aromatic N) is 5. The topological polar surface area (TPSA) is 57.7 Å². The first kappa shape index (κ1) is 30.7. The van der Waals surface area contributed by atoms with Crippen LogP contribution in [0.5, 0.6) is 0 Å². The van der Waals surface area contributed by atoms with Gasteiger partial charge in [0.25, 0.3) is 0 Å². The van der Waals surface area contributed by atoms with Gasteiger partial charge >= 0.3 is 0 Å². The van der Waals surface area contributed by atoms with Gasteiger partial charge in [-0.2, -0.15) is 5.26 Å². The molecule has 0 aliphatic rings. The van der Waals surface area contributed by atoms with Crippen molar-refractivity contribution >= 4 is 38.9 Å². The zero-order valence-corrected chi connectivity index (χ0v) is 28.1. The molecular formula is C47H31N5. The second-order valence-electron chi connectivity index (χ2n) is 12.6. The van der Waals surface area contributed by atoms with Gasteiger partial charge in [-0.25, -0.2) is 9.97 Å². The summed E-state index contributed by atoms with van der Waals surface area (Å²) < 4.78 is 2.33. The number of fused-ring (bicyclic) bond motifs is 3. The average molecular weight is 666 g/mol. The van der Waals surface area contributed by atoms with Crippen LogP contribution >= 0.6 is 0 Å². The Hall–Kier alpha value is -7.29. The van der Waals surface area contributed by atoms with Crippen molar-refractivity contribution < 1.29 is 0 Å². The first-order valence-electron chi connectivity index (χ1n) is 17.2. The summed E-state index contributed by atoms with van der Waals surface area (Å²) in [4.78, 5) is 12.2. The van der Waals surface area contributed by atoms with Gasteiger partial charge in [0.15, 0.2) is 5.82 Å². The summed E-state index contributed by atoms with van der Waals surface area (Å²) in [6.45, 7) is 0. The van der Waals surface area contributed by atoms with Crippen LogP contribution in [0.4, 0.5) is 17.1 Å². The van der Waals surface area contributed by atoms with Crippen molar-refractivity contribution in [2.75, 3.05) is 4.90 Å². The minimum absolute atomic E-state index is 0.634. The molecule has 2 heterocycles. The molecule has 0 spiro atoms. The molecule has 0 fully saturated rings. The number of anilines is 3. The van der Waals surface area contributed by atoms with Gasteiger partial charge in [0, 0.05) is 50.2 Å². The minimum Gasteiger partial charge on any atom is -0.310 e. The number of rotatable bonds is 7. The Balaban J connectivity index is 1.15. The van der Waals surface area contributed by atoms with Gasteiger partial charge in [-0.1, -0.05) is 109 Å². The number of nitriles is 1. The smallest absolute Gasteiger partial charge is 0.160 e. The normalized spacial score (nSPS) is 11.1. The van der Waals surface area contributed by atoms with Crippen molar-refractivity contribution in [3.63, 3.8) is 0 Å². The highest BCUT2D eigenvalue weighted by Crippen LogP contribution is 2.40. The second kappa shape index (κ2) is 13.2. The van der Waals surface area contributed by atoms with E-state index in [4.69, 9.17) is 9.97 Å². The third kappa shape index (κ3) is 5.65. The van der Waals surface area contributed by atoms with Crippen LogP contribution in [-0.4, -0.2) is 14.5 Å². The lowest BCUT2D eigenvalue weighted by Gasteiger charge is -2.25. The van der Waals surface area contributed by atoms with Crippen molar-refractivity contribution in [1.82, 2.24) is 14.5 Å². The van der Waals surface area contributed by atoms with Crippen LogP contribution in [-0.2, 0) is 0 Å². The van der Waals surface area contributed by atoms with E-state index in [1.165, 1.54) is 5.39 Å². The highest BCUT2D eigenvalue weighted by Gasteiger charge is 2.18. The zero-order chi connectivity index (χ0) is 34.9. The standard InChI is InChI=1S/C47H31N5/c48-32-33-20-24-38(25-21-33)51(37-16-8-3-9-17-37)40-28-29-46-42(30-40)41-18-10-11-19-45(41)52(46)39-26-22-35(23-27-39)44-31-43(34-12-4-1-5-13-34)49-47(50-44)36-14-6-2-7-15-36/h1-31H. The molecule has 0 aliphatic heterocycles. The molecular weight excluding hydrogens is 635 g/mol. The quantitative estimate of drug-likeness (QED) is 0.170. The van der Waals surface area contributed by atoms with Gasteiger partial charge in [-0.3, -0.25) is 0 Å². The Labute approximate surface area is 302 Å². The summed E-state index contributed by atoms with van der Waals surface area (Å²) in [5.41, 5.74) is 11.8. The third-order valence-corrected chi connectivity index (χ3v) is 9.43. The molecule has 9 aromatic rings. The summed E-state index contributed by atoms with van der Waals surface area (Å²) in [6.07, 6.45) is 0. The predicted molar refractivity (Wildman–Crippen MR) is 212 cm³/mol. The van der Waals surface area contributed by atoms with Crippen LogP contribution in [0.15, 0.2) is 188 Å². The number of hydrogen-bond donors (Lipinski definition) is 0. The molecule has 0 atom stereocenters. The SMILES string of the molecule is N#Cc1ccc(N(c2ccccc2)c2ccc3c(c2)c2ccccc2n3-c2ccc(-c3cc(-c4ccccc4)nc(-c4ccccc4)n3)cc2)cc1. The third-order valence-electron chi connectivity index (χ3n) is 9.43. The molecule has 5 nitrogen and oxygen atoms in total. The lowest BCUT2D eigenvalue weighted by molar-refractivity contribution is 1.17. The van der Waals surface area contributed by atoms with Crippen molar-refractivity contribution in [1.29, 1.82) is 5.26 Å². The van der Waals surface area contributed by atoms with E-state index in [2.05, 4.69) is 113 Å². The molecule has 0 radical (unpaired) electrons. The molecule has 0 amide bonds. The van der Waals surface area contributed by atoms with Crippen molar-refractivity contribution in [3.8, 4) is 45.7 Å². The Morgan fingerprint density at radius 3 is 1.65 bits per heavy atom. The largest absolute Gasteiger partial charge is 0.310 e. The number of benzene rings is 7. The van der Waals surface area contributed by atoms with E-state index < -0.39 is 0 Å². The fraction of sp³-hybridized carbons (Fsp3) is 0. The van der Waals surface area contributed by atoms with Crippen molar-refractivity contribution in [2.24, 2.45) is 0 Å². The molecule has 5 heteroatoms.